The number of aryl methyl sites for hydroxylation is 1. The molecule has 2 heterocycles. The number of pyridine rings is 1. The molecule has 0 saturated heterocycles. The molecule has 11 nitrogen and oxygen atoms in total. The van der Waals surface area contributed by atoms with E-state index < -0.39 is 10.0 Å². The summed E-state index contributed by atoms with van der Waals surface area (Å²) in [6, 6.07) is 8.94. The van der Waals surface area contributed by atoms with Crippen molar-refractivity contribution in [2.45, 2.75) is 13.3 Å². The number of nitrogens with zero attached hydrogens (tertiary/aromatic N) is 3. The SMILES string of the molecule is C=CC(=O)Cc1cccc(C)c1Nc1ncc2cc(-c3c(Cl)c(OC)cc(OC)c3Cl)nc(NCCNS(C)(=O)=O)c2n1. The van der Waals surface area contributed by atoms with E-state index in [1.807, 2.05) is 25.1 Å². The van der Waals surface area contributed by atoms with E-state index in [0.29, 0.717) is 45.2 Å². The Hall–Kier alpha value is -3.97. The van der Waals surface area contributed by atoms with Gasteiger partial charge in [-0.3, -0.25) is 4.79 Å². The lowest BCUT2D eigenvalue weighted by Gasteiger charge is -2.17. The number of carbonyl (C=O) groups excluding carboxylic acids is 1. The van der Waals surface area contributed by atoms with Crippen LogP contribution in [0.4, 0.5) is 17.5 Å². The molecule has 2 aromatic carbocycles. The van der Waals surface area contributed by atoms with E-state index in [1.165, 1.54) is 20.3 Å². The average Bonchev–Trinajstić information content (AvgIpc) is 2.96. The third-order valence-electron chi connectivity index (χ3n) is 6.37. The number of nitrogens with one attached hydrogen (secondary N) is 3. The minimum absolute atomic E-state index is 0.0980. The summed E-state index contributed by atoms with van der Waals surface area (Å²) in [6.45, 7) is 5.77. The lowest BCUT2D eigenvalue weighted by atomic mass is 10.0. The number of fused-ring (bicyclic) bond motifs is 1. The molecule has 0 aliphatic carbocycles. The molecule has 43 heavy (non-hydrogen) atoms. The van der Waals surface area contributed by atoms with Gasteiger partial charge in [0.05, 0.1) is 36.2 Å². The topological polar surface area (TPSA) is 144 Å². The van der Waals surface area contributed by atoms with Gasteiger partial charge in [-0.1, -0.05) is 48.0 Å². The summed E-state index contributed by atoms with van der Waals surface area (Å²) in [7, 11) is -0.447. The number of halogens is 2. The van der Waals surface area contributed by atoms with Crippen molar-refractivity contribution >= 4 is 67.4 Å². The molecule has 0 spiro atoms. The van der Waals surface area contributed by atoms with Crippen molar-refractivity contribution in [2.75, 3.05) is 44.2 Å². The van der Waals surface area contributed by atoms with Crippen LogP contribution in [-0.2, 0) is 21.2 Å². The van der Waals surface area contributed by atoms with Gasteiger partial charge in [-0.05, 0) is 30.2 Å². The minimum atomic E-state index is -3.40. The van der Waals surface area contributed by atoms with Gasteiger partial charge in [0.15, 0.2) is 11.6 Å². The second-order valence-electron chi connectivity index (χ2n) is 9.45. The number of benzene rings is 2. The smallest absolute Gasteiger partial charge is 0.227 e. The Morgan fingerprint density at radius 1 is 1.07 bits per heavy atom. The highest BCUT2D eigenvalue weighted by atomic mass is 35.5. The average molecular weight is 646 g/mol. The van der Waals surface area contributed by atoms with Crippen molar-refractivity contribution in [1.29, 1.82) is 0 Å². The summed E-state index contributed by atoms with van der Waals surface area (Å²) in [4.78, 5) is 26.1. The maximum absolute atomic E-state index is 12.1. The van der Waals surface area contributed by atoms with Crippen LogP contribution in [-0.4, -0.2) is 62.7 Å². The molecule has 3 N–H and O–H groups in total. The van der Waals surface area contributed by atoms with Crippen molar-refractivity contribution in [3.63, 3.8) is 0 Å². The number of hydrogen-bond acceptors (Lipinski definition) is 10. The quantitative estimate of drug-likeness (QED) is 0.129. The van der Waals surface area contributed by atoms with Crippen LogP contribution in [0.15, 0.2) is 49.2 Å². The molecule has 0 radical (unpaired) electrons. The van der Waals surface area contributed by atoms with E-state index in [-0.39, 0.29) is 41.3 Å². The maximum atomic E-state index is 12.1. The van der Waals surface area contributed by atoms with E-state index in [2.05, 4.69) is 26.9 Å². The molecule has 0 bridgehead atoms. The largest absolute Gasteiger partial charge is 0.495 e. The van der Waals surface area contributed by atoms with Gasteiger partial charge in [0.1, 0.15) is 17.0 Å². The normalized spacial score (nSPS) is 11.3. The summed E-state index contributed by atoms with van der Waals surface area (Å²) in [5.41, 5.74) is 3.57. The zero-order valence-electron chi connectivity index (χ0n) is 23.9. The van der Waals surface area contributed by atoms with Crippen LogP contribution in [0.1, 0.15) is 11.1 Å². The Labute approximate surface area is 259 Å². The fourth-order valence-electron chi connectivity index (χ4n) is 4.31. The van der Waals surface area contributed by atoms with Gasteiger partial charge in [0, 0.05) is 48.4 Å². The standard InChI is InChI=1S/C29H30Cl2N6O5S/c1-6-19(38)12-17-9-7-8-16(2)26(17)36-29-33-15-18-13-20(23-24(30)21(41-3)14-22(42-4)25(23)31)35-28(27(18)37-29)32-10-11-34-43(5,39)40/h6-9,13-15,34H,1,10-12H2,2-5H3,(H,32,35)(H,33,36,37). The van der Waals surface area contributed by atoms with Crippen LogP contribution >= 0.6 is 23.2 Å². The van der Waals surface area contributed by atoms with E-state index in [9.17, 15) is 13.2 Å². The van der Waals surface area contributed by atoms with Crippen LogP contribution in [0.3, 0.4) is 0 Å². The van der Waals surface area contributed by atoms with Crippen molar-refractivity contribution in [3.05, 3.63) is 70.4 Å². The first-order valence-electron chi connectivity index (χ1n) is 12.9. The molecule has 0 atom stereocenters. The van der Waals surface area contributed by atoms with Gasteiger partial charge in [-0.2, -0.15) is 0 Å². The Morgan fingerprint density at radius 2 is 1.77 bits per heavy atom. The maximum Gasteiger partial charge on any atom is 0.227 e. The summed E-state index contributed by atoms with van der Waals surface area (Å²) < 4.78 is 36.4. The first kappa shape index (κ1) is 32.0. The van der Waals surface area contributed by atoms with Crippen LogP contribution in [0.5, 0.6) is 11.5 Å². The van der Waals surface area contributed by atoms with Gasteiger partial charge in [-0.25, -0.2) is 28.1 Å². The van der Waals surface area contributed by atoms with Gasteiger partial charge in [0.2, 0.25) is 16.0 Å². The molecular formula is C29H30Cl2N6O5S. The number of aromatic nitrogens is 3. The Morgan fingerprint density at radius 3 is 2.40 bits per heavy atom. The highest BCUT2D eigenvalue weighted by molar-refractivity contribution is 7.88. The number of carbonyl (C=O) groups is 1. The highest BCUT2D eigenvalue weighted by Crippen LogP contribution is 2.46. The number of methoxy groups -OCH3 is 2. The van der Waals surface area contributed by atoms with Crippen molar-refractivity contribution in [1.82, 2.24) is 19.7 Å². The molecule has 4 rings (SSSR count). The van der Waals surface area contributed by atoms with Crippen molar-refractivity contribution in [2.24, 2.45) is 0 Å². The van der Waals surface area contributed by atoms with Gasteiger partial charge >= 0.3 is 0 Å². The monoisotopic (exact) mass is 644 g/mol. The molecule has 2 aromatic heterocycles. The lowest BCUT2D eigenvalue weighted by molar-refractivity contribution is -0.114. The summed E-state index contributed by atoms with van der Waals surface area (Å²) in [5.74, 6) is 1.15. The second kappa shape index (κ2) is 13.6. The Kier molecular flexibility index (Phi) is 10.1. The third-order valence-corrected chi connectivity index (χ3v) is 7.84. The predicted octanol–water partition coefficient (Wildman–Crippen LogP) is 5.33. The molecule has 0 amide bonds. The zero-order chi connectivity index (χ0) is 31.3. The van der Waals surface area contributed by atoms with E-state index in [0.717, 1.165) is 17.4 Å². The number of para-hydroxylation sites is 1. The second-order valence-corrected chi connectivity index (χ2v) is 12.0. The van der Waals surface area contributed by atoms with Gasteiger partial charge < -0.3 is 20.1 Å². The van der Waals surface area contributed by atoms with Crippen LogP contribution in [0, 0.1) is 6.92 Å². The number of allylic oxidation sites excluding steroid dienone is 1. The first-order valence-corrected chi connectivity index (χ1v) is 15.6. The molecule has 14 heteroatoms. The molecule has 0 aliphatic heterocycles. The molecular weight excluding hydrogens is 615 g/mol. The number of ketones is 1. The number of rotatable bonds is 13. The number of ether oxygens (including phenoxy) is 2. The predicted molar refractivity (Wildman–Crippen MR) is 171 cm³/mol. The fourth-order valence-corrected chi connectivity index (χ4v) is 5.47. The number of anilines is 3. The first-order chi connectivity index (χ1) is 20.4. The van der Waals surface area contributed by atoms with Gasteiger partial charge in [0.25, 0.3) is 0 Å². The van der Waals surface area contributed by atoms with Crippen LogP contribution < -0.4 is 24.8 Å². The molecule has 226 valence electrons. The lowest BCUT2D eigenvalue weighted by Crippen LogP contribution is -2.27. The third kappa shape index (κ3) is 7.52. The van der Waals surface area contributed by atoms with E-state index in [1.54, 1.807) is 18.3 Å². The van der Waals surface area contributed by atoms with Crippen molar-refractivity contribution < 1.29 is 22.7 Å². The molecule has 0 aliphatic rings. The highest BCUT2D eigenvalue weighted by Gasteiger charge is 2.22. The van der Waals surface area contributed by atoms with E-state index in [4.69, 9.17) is 42.6 Å². The summed E-state index contributed by atoms with van der Waals surface area (Å²) in [5, 5.41) is 7.44. The Bertz CT molecular complexity index is 1790. The minimum Gasteiger partial charge on any atom is -0.495 e. The van der Waals surface area contributed by atoms with Crippen molar-refractivity contribution in [3.8, 4) is 22.8 Å². The molecule has 4 aromatic rings. The Balaban J connectivity index is 1.83. The fraction of sp³-hybridized carbons (Fsp3) is 0.241. The molecule has 0 fully saturated rings. The summed E-state index contributed by atoms with van der Waals surface area (Å²) in [6.07, 6.45) is 4.14. The number of sulfonamides is 1. The van der Waals surface area contributed by atoms with E-state index >= 15 is 0 Å². The van der Waals surface area contributed by atoms with Gasteiger partial charge in [-0.15, -0.1) is 0 Å². The molecule has 0 saturated carbocycles. The van der Waals surface area contributed by atoms with Crippen LogP contribution in [0.2, 0.25) is 10.0 Å². The summed E-state index contributed by atoms with van der Waals surface area (Å²) >= 11 is 13.4. The zero-order valence-corrected chi connectivity index (χ0v) is 26.2. The number of hydrogen-bond donors (Lipinski definition) is 3. The molecule has 0 unspecified atom stereocenters. The van der Waals surface area contributed by atoms with Crippen LogP contribution in [0.25, 0.3) is 22.2 Å².